The van der Waals surface area contributed by atoms with Gasteiger partial charge >= 0.3 is 5.97 Å². The molecule has 1 atom stereocenters. The summed E-state index contributed by atoms with van der Waals surface area (Å²) in [7, 11) is 0. The van der Waals surface area contributed by atoms with Crippen LogP contribution in [0.25, 0.3) is 10.9 Å². The fraction of sp³-hybridized carbons (Fsp3) is 0.500. The van der Waals surface area contributed by atoms with Gasteiger partial charge in [-0.05, 0) is 105 Å². The molecule has 0 unspecified atom stereocenters. The Morgan fingerprint density at radius 2 is 1.80 bits per heavy atom. The molecule has 0 radical (unpaired) electrons. The molecule has 0 amide bonds. The number of esters is 1. The van der Waals surface area contributed by atoms with Crippen molar-refractivity contribution in [3.8, 4) is 0 Å². The molecule has 0 N–H and O–H groups in total. The van der Waals surface area contributed by atoms with Crippen LogP contribution in [0.5, 0.6) is 0 Å². The topological polar surface area (TPSA) is 68.6 Å². The van der Waals surface area contributed by atoms with Crippen LogP contribution in [0.4, 0.5) is 0 Å². The number of benzene rings is 2. The van der Waals surface area contributed by atoms with Crippen molar-refractivity contribution < 1.29 is 14.3 Å². The molecule has 2 bridgehead atoms. The van der Waals surface area contributed by atoms with Gasteiger partial charge in [-0.3, -0.25) is 19.3 Å². The molecule has 40 heavy (non-hydrogen) atoms. The first-order valence-electron chi connectivity index (χ1n) is 15.2. The summed E-state index contributed by atoms with van der Waals surface area (Å²) in [6.45, 7) is 3.81. The Morgan fingerprint density at radius 1 is 0.975 bits per heavy atom. The molecule has 3 aliphatic heterocycles. The van der Waals surface area contributed by atoms with Gasteiger partial charge in [0.1, 0.15) is 12.4 Å². The first kappa shape index (κ1) is 26.9. The minimum Gasteiger partial charge on any atom is -0.460 e. The zero-order chi connectivity index (χ0) is 27.5. The third-order valence-electron chi connectivity index (χ3n) is 9.68. The van der Waals surface area contributed by atoms with Crippen molar-refractivity contribution in [2.24, 2.45) is 5.92 Å². The monoisotopic (exact) mass is 540 g/mol. The Balaban J connectivity index is 1.13. The van der Waals surface area contributed by atoms with Gasteiger partial charge in [0.05, 0.1) is 10.9 Å². The quantitative estimate of drug-likeness (QED) is 0.199. The van der Waals surface area contributed by atoms with E-state index in [4.69, 9.17) is 4.74 Å². The van der Waals surface area contributed by atoms with Gasteiger partial charge < -0.3 is 9.30 Å². The Kier molecular flexibility index (Phi) is 7.88. The molecule has 6 nitrogen and oxygen atoms in total. The summed E-state index contributed by atoms with van der Waals surface area (Å²) in [5.41, 5.74) is 3.28. The van der Waals surface area contributed by atoms with Gasteiger partial charge in [0.15, 0.2) is 0 Å². The first-order chi connectivity index (χ1) is 19.6. The molecule has 6 heteroatoms. The minimum atomic E-state index is -0.531. The average Bonchev–Trinajstić information content (AvgIpc) is 3.01. The number of carbonyl (C=O) groups is 2. The zero-order valence-electron chi connectivity index (χ0n) is 23.4. The number of aromatic nitrogens is 1. The zero-order valence-corrected chi connectivity index (χ0v) is 23.4. The van der Waals surface area contributed by atoms with Crippen LogP contribution in [-0.2, 0) is 27.9 Å². The largest absolute Gasteiger partial charge is 0.460 e. The summed E-state index contributed by atoms with van der Waals surface area (Å²) in [5, 5.41) is 0.903. The van der Waals surface area contributed by atoms with E-state index in [2.05, 4.69) is 29.2 Å². The molecule has 0 spiro atoms. The lowest BCUT2D eigenvalue weighted by Gasteiger charge is -2.45. The van der Waals surface area contributed by atoms with Crippen molar-refractivity contribution in [1.82, 2.24) is 9.47 Å². The highest BCUT2D eigenvalue weighted by Gasteiger charge is 2.45. The van der Waals surface area contributed by atoms with E-state index in [1.165, 1.54) is 12.0 Å². The summed E-state index contributed by atoms with van der Waals surface area (Å²) < 4.78 is 8.15. The van der Waals surface area contributed by atoms with Crippen molar-refractivity contribution in [2.75, 3.05) is 19.6 Å². The molecule has 4 heterocycles. The predicted octanol–water partition coefficient (Wildman–Crippen LogP) is 5.68. The van der Waals surface area contributed by atoms with Gasteiger partial charge in [0.2, 0.25) is 0 Å². The number of hydrogen-bond donors (Lipinski definition) is 0. The lowest BCUT2D eigenvalue weighted by atomic mass is 9.69. The van der Waals surface area contributed by atoms with E-state index in [1.54, 1.807) is 18.2 Å². The molecule has 4 aliphatic rings. The van der Waals surface area contributed by atoms with Crippen LogP contribution in [0.3, 0.4) is 0 Å². The van der Waals surface area contributed by atoms with Crippen LogP contribution in [0.1, 0.15) is 79.3 Å². The molecule has 7 rings (SSSR count). The molecule has 4 fully saturated rings. The maximum absolute atomic E-state index is 13.9. The number of aryl methyl sites for hydroxylation is 2. The van der Waals surface area contributed by atoms with E-state index in [1.807, 2.05) is 16.7 Å². The van der Waals surface area contributed by atoms with Crippen molar-refractivity contribution >= 4 is 23.2 Å². The van der Waals surface area contributed by atoms with E-state index < -0.39 is 5.41 Å². The average molecular weight is 541 g/mol. The molecule has 1 aromatic heterocycles. The number of carbonyl (C=O) groups excluding carboxylic acids is 2. The summed E-state index contributed by atoms with van der Waals surface area (Å²) >= 11 is 0. The van der Waals surface area contributed by atoms with Gasteiger partial charge in [-0.25, -0.2) is 0 Å². The highest BCUT2D eigenvalue weighted by Crippen LogP contribution is 2.42. The molecule has 210 valence electrons. The summed E-state index contributed by atoms with van der Waals surface area (Å²) in [5.74, 6) is 0.512. The van der Waals surface area contributed by atoms with Gasteiger partial charge in [-0.15, -0.1) is 0 Å². The number of ether oxygens (including phenoxy) is 1. The van der Waals surface area contributed by atoms with Gasteiger partial charge in [-0.2, -0.15) is 0 Å². The van der Waals surface area contributed by atoms with Crippen molar-refractivity contribution in [3.63, 3.8) is 0 Å². The third-order valence-corrected chi connectivity index (χ3v) is 9.68. The highest BCUT2D eigenvalue weighted by atomic mass is 16.5. The number of rotatable bonds is 9. The van der Waals surface area contributed by atoms with E-state index in [-0.39, 0.29) is 17.6 Å². The number of pyridine rings is 1. The molecule has 2 aromatic carbocycles. The second-order valence-corrected chi connectivity index (χ2v) is 12.1. The van der Waals surface area contributed by atoms with E-state index in [0.29, 0.717) is 18.0 Å². The predicted molar refractivity (Wildman–Crippen MR) is 157 cm³/mol. The fourth-order valence-corrected chi connectivity index (χ4v) is 7.31. The summed E-state index contributed by atoms with van der Waals surface area (Å²) in [6, 6.07) is 17.5. The number of unbranched alkanes of at least 4 members (excludes halogenated alkanes) is 1. The standard InChI is InChI=1S/C34H40N2O4/c37-24-26-10-12-30-28(21-26)11-13-32(38)36(30)18-5-2-7-25-8-6-9-29(22-25)34(16-3-1-4-17-34)33(39)40-31-23-35-19-14-27(31)15-20-35/h6,8-13,21-22,24,27,31H,1-5,7,14-20,23H2/t31-/m0/s1. The number of fused-ring (bicyclic) bond motifs is 4. The van der Waals surface area contributed by atoms with E-state index >= 15 is 0 Å². The van der Waals surface area contributed by atoms with Crippen LogP contribution in [0.2, 0.25) is 0 Å². The molecule has 3 saturated heterocycles. The van der Waals surface area contributed by atoms with Crippen LogP contribution in [0, 0.1) is 5.92 Å². The van der Waals surface area contributed by atoms with Gasteiger partial charge in [0, 0.05) is 24.7 Å². The minimum absolute atomic E-state index is 0.00355. The summed E-state index contributed by atoms with van der Waals surface area (Å²) in [6.07, 6.45) is 10.9. The molecular weight excluding hydrogens is 500 g/mol. The maximum Gasteiger partial charge on any atom is 0.316 e. The smallest absolute Gasteiger partial charge is 0.316 e. The van der Waals surface area contributed by atoms with E-state index in [0.717, 1.165) is 100 Å². The Morgan fingerprint density at radius 3 is 2.55 bits per heavy atom. The molecular formula is C34H40N2O4. The number of piperidine rings is 3. The normalized spacial score (nSPS) is 23.6. The lowest BCUT2D eigenvalue weighted by molar-refractivity contribution is -0.167. The van der Waals surface area contributed by atoms with Crippen LogP contribution in [0.15, 0.2) is 59.4 Å². The SMILES string of the molecule is O=Cc1ccc2c(ccc(=O)n2CCCCc2cccc(C3(C(=O)O[C@H]4CN5CCC4CC5)CCCCC3)c2)c1. The highest BCUT2D eigenvalue weighted by molar-refractivity contribution is 5.87. The van der Waals surface area contributed by atoms with Crippen molar-refractivity contribution in [1.29, 1.82) is 0 Å². The van der Waals surface area contributed by atoms with Gasteiger partial charge in [0.25, 0.3) is 5.56 Å². The van der Waals surface area contributed by atoms with E-state index in [9.17, 15) is 14.4 Å². The second-order valence-electron chi connectivity index (χ2n) is 12.1. The van der Waals surface area contributed by atoms with Crippen LogP contribution < -0.4 is 5.56 Å². The third kappa shape index (κ3) is 5.38. The van der Waals surface area contributed by atoms with Crippen molar-refractivity contribution in [2.45, 2.75) is 82.3 Å². The number of hydrogen-bond acceptors (Lipinski definition) is 5. The van der Waals surface area contributed by atoms with Crippen molar-refractivity contribution in [3.05, 3.63) is 81.6 Å². The Hall–Kier alpha value is -3.25. The summed E-state index contributed by atoms with van der Waals surface area (Å²) in [4.78, 5) is 40.1. The number of aldehydes is 1. The Labute approximate surface area is 236 Å². The Bertz CT molecular complexity index is 1430. The maximum atomic E-state index is 13.9. The first-order valence-corrected chi connectivity index (χ1v) is 15.2. The number of nitrogens with zero attached hydrogens (tertiary/aromatic N) is 2. The molecule has 1 saturated carbocycles. The van der Waals surface area contributed by atoms with Gasteiger partial charge in [-0.1, -0.05) is 43.5 Å². The fourth-order valence-electron chi connectivity index (χ4n) is 7.31. The molecule has 3 aromatic rings. The second kappa shape index (κ2) is 11.7. The van der Waals surface area contributed by atoms with Crippen LogP contribution in [-0.4, -0.2) is 47.5 Å². The lowest BCUT2D eigenvalue weighted by Crippen LogP contribution is -2.53. The molecule has 1 aliphatic carbocycles. The van der Waals surface area contributed by atoms with Crippen LogP contribution >= 0.6 is 0 Å².